The van der Waals surface area contributed by atoms with Gasteiger partial charge in [0, 0.05) is 6.16 Å². The first-order valence-electron chi connectivity index (χ1n) is 1.84. The molecule has 0 atom stereocenters. The van der Waals surface area contributed by atoms with Gasteiger partial charge in [0.1, 0.15) is 4.84 Å². The Morgan fingerprint density at radius 1 is 1.57 bits per heavy atom. The average molecular weight is 175 g/mol. The summed E-state index contributed by atoms with van der Waals surface area (Å²) >= 11 is 15.4. The molecule has 0 radical (unpaired) electrons. The Balaban J connectivity index is 2.81. The molecule has 0 saturated carbocycles. The summed E-state index contributed by atoms with van der Waals surface area (Å²) in [4.78, 5) is -0.226. The Morgan fingerprint density at radius 2 is 2.14 bits per heavy atom. The predicted octanol–water partition coefficient (Wildman–Crippen LogP) is 2.59. The maximum Gasteiger partial charge on any atom is 0.108 e. The normalized spacial score (nSPS) is 10.7. The van der Waals surface area contributed by atoms with Crippen LogP contribution in [0, 0.1) is 0 Å². The standard InChI is InChI=1S/C3H5Cl2PS/c4-3(5)1-2-6-7/h3H,1-2H2. The third-order valence-electron chi connectivity index (χ3n) is 0.439. The summed E-state index contributed by atoms with van der Waals surface area (Å²) in [7, 11) is 0.955. The van der Waals surface area contributed by atoms with Crippen LogP contribution in [0.15, 0.2) is 0 Å². The molecule has 0 aromatic carbocycles. The highest BCUT2D eigenvalue weighted by molar-refractivity contribution is 7.96. The molecule has 0 heterocycles. The summed E-state index contributed by atoms with van der Waals surface area (Å²) in [6, 6.07) is 0. The minimum Gasteiger partial charge on any atom is -0.105 e. The van der Waals surface area contributed by atoms with Crippen LogP contribution in [0.1, 0.15) is 6.42 Å². The summed E-state index contributed by atoms with van der Waals surface area (Å²) in [5.41, 5.74) is 0. The Bertz CT molecular complexity index is 56.9. The zero-order chi connectivity index (χ0) is 5.70. The average Bonchev–Trinajstić information content (AvgIpc) is 1.61. The van der Waals surface area contributed by atoms with E-state index in [1.54, 1.807) is 0 Å². The molecular weight excluding hydrogens is 170 g/mol. The summed E-state index contributed by atoms with van der Waals surface area (Å²) < 4.78 is 0. The van der Waals surface area contributed by atoms with Gasteiger partial charge in [0.15, 0.2) is 0 Å². The first kappa shape index (κ1) is 8.10. The van der Waals surface area contributed by atoms with E-state index in [4.69, 9.17) is 23.2 Å². The third-order valence-corrected chi connectivity index (χ3v) is 1.86. The van der Waals surface area contributed by atoms with Gasteiger partial charge in [-0.25, -0.2) is 0 Å². The highest BCUT2D eigenvalue weighted by Gasteiger charge is 1.93. The molecule has 0 N–H and O–H groups in total. The van der Waals surface area contributed by atoms with E-state index in [0.717, 1.165) is 19.9 Å². The summed E-state index contributed by atoms with van der Waals surface area (Å²) in [5.74, 6) is 0. The Hall–Kier alpha value is 1.10. The summed E-state index contributed by atoms with van der Waals surface area (Å²) in [6.45, 7) is 0. The molecule has 0 saturated heterocycles. The molecule has 0 rings (SSSR count). The number of halogens is 2. The van der Waals surface area contributed by atoms with Crippen LogP contribution >= 0.6 is 30.6 Å². The molecule has 0 spiro atoms. The minimum atomic E-state index is -0.226. The molecule has 4 heteroatoms. The van der Waals surface area contributed by atoms with Crippen LogP contribution in [0.2, 0.25) is 0 Å². The molecule has 0 aliphatic rings. The topological polar surface area (TPSA) is 0 Å². The molecule has 0 aromatic rings. The molecule has 0 aliphatic carbocycles. The summed E-state index contributed by atoms with van der Waals surface area (Å²) in [6.07, 6.45) is 1.74. The van der Waals surface area contributed by atoms with Gasteiger partial charge in [0.2, 0.25) is 0 Å². The van der Waals surface area contributed by atoms with Crippen LogP contribution in [0.25, 0.3) is 0 Å². The molecule has 0 amide bonds. The van der Waals surface area contributed by atoms with E-state index in [1.807, 2.05) is 0 Å². The van der Waals surface area contributed by atoms with Crippen molar-refractivity contribution in [3.05, 3.63) is 0 Å². The van der Waals surface area contributed by atoms with Crippen molar-refractivity contribution in [3.8, 4) is 0 Å². The van der Waals surface area contributed by atoms with E-state index in [9.17, 15) is 0 Å². The highest BCUT2D eigenvalue weighted by Crippen LogP contribution is 2.09. The van der Waals surface area contributed by atoms with Crippen molar-refractivity contribution in [3.63, 3.8) is 0 Å². The third kappa shape index (κ3) is 7.10. The van der Waals surface area contributed by atoms with Crippen LogP contribution in [-0.4, -0.2) is 11.0 Å². The number of alkyl halides is 2. The Labute approximate surface area is 60.0 Å². The molecule has 0 unspecified atom stereocenters. The van der Waals surface area contributed by atoms with E-state index in [1.165, 1.54) is 0 Å². The molecule has 7 heavy (non-hydrogen) atoms. The Morgan fingerprint density at radius 3 is 2.29 bits per heavy atom. The van der Waals surface area contributed by atoms with Crippen molar-refractivity contribution in [1.29, 1.82) is 0 Å². The molecule has 0 bridgehead atoms. The van der Waals surface area contributed by atoms with Crippen molar-refractivity contribution in [2.24, 2.45) is 0 Å². The monoisotopic (exact) mass is 174 g/mol. The van der Waals surface area contributed by atoms with Crippen molar-refractivity contribution in [2.45, 2.75) is 11.3 Å². The van der Waals surface area contributed by atoms with Crippen molar-refractivity contribution in [1.82, 2.24) is 0 Å². The van der Waals surface area contributed by atoms with E-state index in [-0.39, 0.29) is 4.84 Å². The second kappa shape index (κ2) is 5.24. The lowest BCUT2D eigenvalue weighted by atomic mass is 10.6. The Kier molecular flexibility index (Phi) is 6.06. The molecule has 42 valence electrons. The van der Waals surface area contributed by atoms with Crippen LogP contribution in [-0.2, 0) is 11.8 Å². The minimum absolute atomic E-state index is 0.226. The second-order valence-electron chi connectivity index (χ2n) is 1.03. The second-order valence-corrected chi connectivity index (χ2v) is 3.79. The maximum atomic E-state index is 5.37. The highest BCUT2D eigenvalue weighted by atomic mass is 35.5. The largest absolute Gasteiger partial charge is 0.108 e. The van der Waals surface area contributed by atoms with Gasteiger partial charge in [-0.05, 0) is 13.8 Å². The van der Waals surface area contributed by atoms with Crippen LogP contribution in [0.4, 0.5) is 0 Å². The SMILES string of the molecule is S=PCCC(Cl)Cl. The van der Waals surface area contributed by atoms with Gasteiger partial charge in [0.05, 0.1) is 0 Å². The van der Waals surface area contributed by atoms with Gasteiger partial charge in [0.25, 0.3) is 0 Å². The van der Waals surface area contributed by atoms with Gasteiger partial charge >= 0.3 is 0 Å². The quantitative estimate of drug-likeness (QED) is 0.469. The van der Waals surface area contributed by atoms with Gasteiger partial charge < -0.3 is 0 Å². The lowest BCUT2D eigenvalue weighted by molar-refractivity contribution is 1.05. The van der Waals surface area contributed by atoms with Crippen LogP contribution < -0.4 is 0 Å². The fourth-order valence-electron chi connectivity index (χ4n) is 0.150. The van der Waals surface area contributed by atoms with Gasteiger partial charge in [-0.15, -0.1) is 23.2 Å². The van der Waals surface area contributed by atoms with E-state index >= 15 is 0 Å². The van der Waals surface area contributed by atoms with Crippen molar-refractivity contribution < 1.29 is 0 Å². The van der Waals surface area contributed by atoms with E-state index < -0.39 is 0 Å². The van der Waals surface area contributed by atoms with Crippen molar-refractivity contribution >= 4 is 42.4 Å². The maximum absolute atomic E-state index is 5.37. The number of hydrogen-bond donors (Lipinski definition) is 0. The first-order valence-corrected chi connectivity index (χ1v) is 4.81. The van der Waals surface area contributed by atoms with Gasteiger partial charge in [-0.1, -0.05) is 11.8 Å². The van der Waals surface area contributed by atoms with Crippen molar-refractivity contribution in [2.75, 3.05) is 6.16 Å². The number of hydrogen-bond acceptors (Lipinski definition) is 1. The predicted molar refractivity (Wildman–Crippen MR) is 39.3 cm³/mol. The smallest absolute Gasteiger partial charge is 0.105 e. The lowest BCUT2D eigenvalue weighted by Gasteiger charge is -1.90. The number of rotatable bonds is 3. The fourth-order valence-corrected chi connectivity index (χ4v) is 1.35. The summed E-state index contributed by atoms with van der Waals surface area (Å²) in [5, 5.41) is 0. The first-order chi connectivity index (χ1) is 3.27. The van der Waals surface area contributed by atoms with Gasteiger partial charge in [-0.3, -0.25) is 0 Å². The molecular formula is C3H5Cl2PS. The zero-order valence-electron chi connectivity index (χ0n) is 3.60. The molecule has 0 fully saturated rings. The van der Waals surface area contributed by atoms with E-state index in [0.29, 0.717) is 0 Å². The molecule has 0 aromatic heterocycles. The zero-order valence-corrected chi connectivity index (χ0v) is 6.83. The molecule has 0 nitrogen and oxygen atoms in total. The van der Waals surface area contributed by atoms with Crippen LogP contribution in [0.5, 0.6) is 0 Å². The van der Waals surface area contributed by atoms with Gasteiger partial charge in [-0.2, -0.15) is 0 Å². The molecule has 0 aliphatic heterocycles. The van der Waals surface area contributed by atoms with Crippen LogP contribution in [0.3, 0.4) is 0 Å². The fraction of sp³-hybridized carbons (Fsp3) is 1.00. The lowest BCUT2D eigenvalue weighted by Crippen LogP contribution is -1.84. The van der Waals surface area contributed by atoms with E-state index in [2.05, 4.69) is 11.8 Å².